The van der Waals surface area contributed by atoms with Crippen LogP contribution in [0, 0.1) is 26.7 Å². The van der Waals surface area contributed by atoms with Crippen LogP contribution in [0.3, 0.4) is 0 Å². The maximum absolute atomic E-state index is 5.39. The molecule has 0 amide bonds. The quantitative estimate of drug-likeness (QED) is 0.903. The van der Waals surface area contributed by atoms with Gasteiger partial charge in [0, 0.05) is 43.9 Å². The lowest BCUT2D eigenvalue weighted by molar-refractivity contribution is 0.142. The number of ether oxygens (including phenoxy) is 1. The second kappa shape index (κ2) is 6.18. The first-order valence-corrected chi connectivity index (χ1v) is 7.60. The van der Waals surface area contributed by atoms with Crippen LogP contribution >= 0.6 is 0 Å². The Hall–Kier alpha value is -1.73. The summed E-state index contributed by atoms with van der Waals surface area (Å²) in [5, 5.41) is 11.3. The van der Waals surface area contributed by atoms with Crippen LogP contribution < -0.4 is 0 Å². The molecule has 120 valence electrons. The van der Waals surface area contributed by atoms with E-state index in [0.29, 0.717) is 18.3 Å². The number of H-pyrrole nitrogens is 1. The number of aromatic nitrogens is 4. The van der Waals surface area contributed by atoms with Crippen molar-refractivity contribution in [1.82, 2.24) is 25.2 Å². The van der Waals surface area contributed by atoms with Gasteiger partial charge in [0.15, 0.2) is 5.82 Å². The van der Waals surface area contributed by atoms with Crippen molar-refractivity contribution in [3.05, 3.63) is 28.7 Å². The van der Waals surface area contributed by atoms with Crippen molar-refractivity contribution in [2.24, 2.45) is 5.92 Å². The lowest BCUT2D eigenvalue weighted by Crippen LogP contribution is -2.21. The van der Waals surface area contributed by atoms with Crippen LogP contribution in [-0.2, 0) is 11.3 Å². The van der Waals surface area contributed by atoms with Crippen molar-refractivity contribution in [3.8, 4) is 0 Å². The SMILES string of the molecule is COC[C@@H]1CN(Cc2c(C)n[nH]c2C)C[C@H]1c1nc(C)no1. The van der Waals surface area contributed by atoms with E-state index in [1.807, 2.05) is 13.8 Å². The Morgan fingerprint density at radius 1 is 1.32 bits per heavy atom. The van der Waals surface area contributed by atoms with Gasteiger partial charge in [0.25, 0.3) is 0 Å². The molecular formula is C15H23N5O2. The van der Waals surface area contributed by atoms with Gasteiger partial charge in [-0.15, -0.1) is 0 Å². The number of rotatable bonds is 5. The molecule has 0 aliphatic carbocycles. The molecule has 7 nitrogen and oxygen atoms in total. The molecule has 1 fully saturated rings. The number of hydrogen-bond donors (Lipinski definition) is 1. The highest BCUT2D eigenvalue weighted by Crippen LogP contribution is 2.33. The minimum Gasteiger partial charge on any atom is -0.384 e. The molecule has 1 aliphatic heterocycles. The van der Waals surface area contributed by atoms with E-state index >= 15 is 0 Å². The highest BCUT2D eigenvalue weighted by atomic mass is 16.5. The molecule has 2 aromatic heterocycles. The van der Waals surface area contributed by atoms with Crippen LogP contribution in [0.1, 0.15) is 34.6 Å². The van der Waals surface area contributed by atoms with Crippen molar-refractivity contribution in [1.29, 1.82) is 0 Å². The monoisotopic (exact) mass is 305 g/mol. The largest absolute Gasteiger partial charge is 0.384 e. The Kier molecular flexibility index (Phi) is 4.26. The third-order valence-electron chi connectivity index (χ3n) is 4.42. The predicted molar refractivity (Wildman–Crippen MR) is 80.5 cm³/mol. The van der Waals surface area contributed by atoms with E-state index in [0.717, 1.165) is 36.9 Å². The van der Waals surface area contributed by atoms with Gasteiger partial charge >= 0.3 is 0 Å². The first-order chi connectivity index (χ1) is 10.6. The summed E-state index contributed by atoms with van der Waals surface area (Å²) in [5.41, 5.74) is 3.48. The minimum absolute atomic E-state index is 0.230. The Morgan fingerprint density at radius 2 is 2.14 bits per heavy atom. The number of nitrogens with one attached hydrogen (secondary N) is 1. The topological polar surface area (TPSA) is 80.1 Å². The summed E-state index contributed by atoms with van der Waals surface area (Å²) in [4.78, 5) is 6.83. The Balaban J connectivity index is 1.75. The molecule has 0 radical (unpaired) electrons. The summed E-state index contributed by atoms with van der Waals surface area (Å²) in [7, 11) is 1.74. The number of hydrogen-bond acceptors (Lipinski definition) is 6. The first-order valence-electron chi connectivity index (χ1n) is 7.60. The minimum atomic E-state index is 0.230. The zero-order chi connectivity index (χ0) is 15.7. The van der Waals surface area contributed by atoms with E-state index in [4.69, 9.17) is 9.26 Å². The molecule has 0 aromatic carbocycles. The van der Waals surface area contributed by atoms with E-state index in [2.05, 4.69) is 32.2 Å². The summed E-state index contributed by atoms with van der Waals surface area (Å²) in [5.74, 6) is 2.01. The summed E-state index contributed by atoms with van der Waals surface area (Å²) < 4.78 is 10.8. The zero-order valence-electron chi connectivity index (χ0n) is 13.6. The standard InChI is InChI=1S/C15H23N5O2/c1-9-13(10(2)18-17-9)6-20-5-12(8-21-4)14(7-20)15-16-11(3)19-22-15/h12,14H,5-8H2,1-4H3,(H,17,18)/t12-,14+/m0/s1. The van der Waals surface area contributed by atoms with E-state index in [1.54, 1.807) is 7.11 Å². The van der Waals surface area contributed by atoms with Crippen molar-refractivity contribution in [3.63, 3.8) is 0 Å². The molecule has 0 spiro atoms. The molecule has 22 heavy (non-hydrogen) atoms. The van der Waals surface area contributed by atoms with Crippen molar-refractivity contribution in [2.75, 3.05) is 26.8 Å². The molecular weight excluding hydrogens is 282 g/mol. The average molecular weight is 305 g/mol. The van der Waals surface area contributed by atoms with E-state index in [1.165, 1.54) is 5.56 Å². The van der Waals surface area contributed by atoms with Crippen molar-refractivity contribution in [2.45, 2.75) is 33.2 Å². The summed E-state index contributed by atoms with van der Waals surface area (Å²) in [6.45, 7) is 9.41. The van der Waals surface area contributed by atoms with Crippen LogP contribution in [0.4, 0.5) is 0 Å². The van der Waals surface area contributed by atoms with Gasteiger partial charge < -0.3 is 9.26 Å². The van der Waals surface area contributed by atoms with Crippen LogP contribution in [0.25, 0.3) is 0 Å². The van der Waals surface area contributed by atoms with Crippen molar-refractivity contribution >= 4 is 0 Å². The van der Waals surface area contributed by atoms with Gasteiger partial charge in [-0.1, -0.05) is 5.16 Å². The van der Waals surface area contributed by atoms with E-state index in [-0.39, 0.29) is 5.92 Å². The molecule has 1 N–H and O–H groups in total. The molecule has 0 unspecified atom stereocenters. The molecule has 3 rings (SSSR count). The highest BCUT2D eigenvalue weighted by Gasteiger charge is 2.37. The van der Waals surface area contributed by atoms with Gasteiger partial charge in [-0.25, -0.2) is 0 Å². The maximum Gasteiger partial charge on any atom is 0.231 e. The van der Waals surface area contributed by atoms with Crippen LogP contribution in [0.5, 0.6) is 0 Å². The second-order valence-corrected chi connectivity index (χ2v) is 6.11. The van der Waals surface area contributed by atoms with Gasteiger partial charge in [0.2, 0.25) is 5.89 Å². The lowest BCUT2D eigenvalue weighted by Gasteiger charge is -2.15. The number of methoxy groups -OCH3 is 1. The predicted octanol–water partition coefficient (Wildman–Crippen LogP) is 1.58. The molecule has 1 aliphatic rings. The maximum atomic E-state index is 5.39. The molecule has 1 saturated heterocycles. The summed E-state index contributed by atoms with van der Waals surface area (Å²) >= 11 is 0. The number of aryl methyl sites for hydroxylation is 3. The molecule has 3 heterocycles. The molecule has 7 heteroatoms. The normalized spacial score (nSPS) is 22.5. The zero-order valence-corrected chi connectivity index (χ0v) is 13.6. The van der Waals surface area contributed by atoms with Crippen LogP contribution in [0.2, 0.25) is 0 Å². The first kappa shape index (κ1) is 15.2. The second-order valence-electron chi connectivity index (χ2n) is 6.11. The van der Waals surface area contributed by atoms with Crippen molar-refractivity contribution < 1.29 is 9.26 Å². The third kappa shape index (κ3) is 2.91. The lowest BCUT2D eigenvalue weighted by atomic mass is 9.97. The van der Waals surface area contributed by atoms with Gasteiger partial charge in [0.05, 0.1) is 18.2 Å². The Morgan fingerprint density at radius 3 is 2.73 bits per heavy atom. The molecule has 2 atom stereocenters. The highest BCUT2D eigenvalue weighted by molar-refractivity contribution is 5.23. The summed E-state index contributed by atoms with van der Waals surface area (Å²) in [6, 6.07) is 0. The number of likely N-dealkylation sites (tertiary alicyclic amines) is 1. The smallest absolute Gasteiger partial charge is 0.231 e. The van der Waals surface area contributed by atoms with Gasteiger partial charge in [0.1, 0.15) is 0 Å². The van der Waals surface area contributed by atoms with Crippen LogP contribution in [-0.4, -0.2) is 52.0 Å². The van der Waals surface area contributed by atoms with Gasteiger partial charge in [-0.3, -0.25) is 10.00 Å². The fourth-order valence-corrected chi connectivity index (χ4v) is 3.25. The van der Waals surface area contributed by atoms with Crippen LogP contribution in [0.15, 0.2) is 4.52 Å². The molecule has 2 aromatic rings. The Bertz CT molecular complexity index is 616. The molecule has 0 saturated carbocycles. The number of nitrogens with zero attached hydrogens (tertiary/aromatic N) is 4. The average Bonchev–Trinajstić information content (AvgIpc) is 3.15. The van der Waals surface area contributed by atoms with Gasteiger partial charge in [-0.05, 0) is 20.8 Å². The fraction of sp³-hybridized carbons (Fsp3) is 0.667. The Labute approximate surface area is 130 Å². The number of aromatic amines is 1. The third-order valence-corrected chi connectivity index (χ3v) is 4.42. The summed E-state index contributed by atoms with van der Waals surface area (Å²) in [6.07, 6.45) is 0. The molecule has 0 bridgehead atoms. The fourth-order valence-electron chi connectivity index (χ4n) is 3.25. The van der Waals surface area contributed by atoms with E-state index < -0.39 is 0 Å². The van der Waals surface area contributed by atoms with E-state index in [9.17, 15) is 0 Å². The van der Waals surface area contributed by atoms with Gasteiger partial charge in [-0.2, -0.15) is 10.1 Å².